The largest absolute Gasteiger partial charge is 0.366 e. The molecule has 0 saturated heterocycles. The SMILES string of the molecule is Cc1cc(-c2sc(Cc3cnc4ccccc4c3)nc2C)ccc1C(N)=O. The molecule has 134 valence electrons. The summed E-state index contributed by atoms with van der Waals surface area (Å²) < 4.78 is 0. The summed E-state index contributed by atoms with van der Waals surface area (Å²) in [6.07, 6.45) is 2.67. The van der Waals surface area contributed by atoms with Crippen LogP contribution in [-0.2, 0) is 6.42 Å². The van der Waals surface area contributed by atoms with Gasteiger partial charge in [-0.15, -0.1) is 11.3 Å². The van der Waals surface area contributed by atoms with E-state index in [9.17, 15) is 4.79 Å². The Kier molecular flexibility index (Phi) is 4.46. The zero-order chi connectivity index (χ0) is 19.0. The number of carbonyl (C=O) groups is 1. The molecular formula is C22H19N3OS. The third-order valence-corrected chi connectivity index (χ3v) is 5.80. The van der Waals surface area contributed by atoms with Crippen molar-refractivity contribution in [3.63, 3.8) is 0 Å². The van der Waals surface area contributed by atoms with E-state index in [-0.39, 0.29) is 0 Å². The number of pyridine rings is 1. The minimum atomic E-state index is -0.399. The highest BCUT2D eigenvalue weighted by Crippen LogP contribution is 2.32. The molecule has 27 heavy (non-hydrogen) atoms. The maximum Gasteiger partial charge on any atom is 0.248 e. The van der Waals surface area contributed by atoms with E-state index in [1.165, 1.54) is 0 Å². The lowest BCUT2D eigenvalue weighted by Crippen LogP contribution is -2.12. The lowest BCUT2D eigenvalue weighted by atomic mass is 10.0. The molecule has 4 aromatic rings. The van der Waals surface area contributed by atoms with Crippen LogP contribution >= 0.6 is 11.3 Å². The van der Waals surface area contributed by atoms with Crippen molar-refractivity contribution in [2.24, 2.45) is 5.73 Å². The summed E-state index contributed by atoms with van der Waals surface area (Å²) in [5.41, 5.74) is 11.1. The molecule has 0 bridgehead atoms. The Labute approximate surface area is 161 Å². The summed E-state index contributed by atoms with van der Waals surface area (Å²) in [6, 6.07) is 16.0. The number of hydrogen-bond acceptors (Lipinski definition) is 4. The first-order valence-corrected chi connectivity index (χ1v) is 9.54. The summed E-state index contributed by atoms with van der Waals surface area (Å²) in [5.74, 6) is -0.399. The van der Waals surface area contributed by atoms with E-state index in [2.05, 4.69) is 17.1 Å². The molecular weight excluding hydrogens is 354 g/mol. The van der Waals surface area contributed by atoms with Crippen LogP contribution in [0.5, 0.6) is 0 Å². The number of thiazole rings is 1. The number of rotatable bonds is 4. The van der Waals surface area contributed by atoms with E-state index < -0.39 is 5.91 Å². The van der Waals surface area contributed by atoms with Gasteiger partial charge in [-0.25, -0.2) is 4.98 Å². The first kappa shape index (κ1) is 17.4. The third kappa shape index (κ3) is 3.46. The molecule has 0 aliphatic rings. The highest BCUT2D eigenvalue weighted by atomic mass is 32.1. The van der Waals surface area contributed by atoms with Gasteiger partial charge in [-0.05, 0) is 54.8 Å². The molecule has 0 aliphatic carbocycles. The van der Waals surface area contributed by atoms with E-state index in [4.69, 9.17) is 10.7 Å². The molecule has 0 aliphatic heterocycles. The van der Waals surface area contributed by atoms with Crippen LogP contribution in [0.3, 0.4) is 0 Å². The topological polar surface area (TPSA) is 68.9 Å². The standard InChI is InChI=1S/C22H19N3OS/c1-13-9-17(7-8-18(13)22(23)26)21-14(2)25-20(27-21)11-15-10-16-5-3-4-6-19(16)24-12-15/h3-10,12H,11H2,1-2H3,(H2,23,26). The maximum atomic E-state index is 11.4. The molecule has 2 heterocycles. The summed E-state index contributed by atoms with van der Waals surface area (Å²) in [7, 11) is 0. The van der Waals surface area contributed by atoms with Crippen molar-refractivity contribution >= 4 is 28.1 Å². The van der Waals surface area contributed by atoms with Gasteiger partial charge < -0.3 is 5.73 Å². The van der Waals surface area contributed by atoms with Crippen LogP contribution in [0.25, 0.3) is 21.3 Å². The van der Waals surface area contributed by atoms with Gasteiger partial charge in [0.05, 0.1) is 21.1 Å². The Morgan fingerprint density at radius 1 is 1.11 bits per heavy atom. The van der Waals surface area contributed by atoms with Crippen molar-refractivity contribution in [3.05, 3.63) is 82.1 Å². The average Bonchev–Trinajstić information content (AvgIpc) is 3.01. The molecule has 4 rings (SSSR count). The number of benzene rings is 2. The van der Waals surface area contributed by atoms with Gasteiger partial charge in [0.2, 0.25) is 5.91 Å². The van der Waals surface area contributed by atoms with E-state index >= 15 is 0 Å². The van der Waals surface area contributed by atoms with Crippen molar-refractivity contribution in [1.29, 1.82) is 0 Å². The zero-order valence-electron chi connectivity index (χ0n) is 15.2. The van der Waals surface area contributed by atoms with Gasteiger partial charge in [0.25, 0.3) is 0 Å². The lowest BCUT2D eigenvalue weighted by Gasteiger charge is -2.05. The van der Waals surface area contributed by atoms with E-state index in [0.29, 0.717) is 5.56 Å². The molecule has 2 aromatic carbocycles. The second-order valence-electron chi connectivity index (χ2n) is 6.63. The second-order valence-corrected chi connectivity index (χ2v) is 7.71. The molecule has 5 heteroatoms. The summed E-state index contributed by atoms with van der Waals surface area (Å²) >= 11 is 1.68. The van der Waals surface area contributed by atoms with Crippen LogP contribution in [0.4, 0.5) is 0 Å². The minimum absolute atomic E-state index is 0.399. The van der Waals surface area contributed by atoms with Crippen LogP contribution in [0.1, 0.15) is 32.2 Å². The smallest absolute Gasteiger partial charge is 0.248 e. The molecule has 2 N–H and O–H groups in total. The number of carbonyl (C=O) groups excluding carboxylic acids is 1. The summed E-state index contributed by atoms with van der Waals surface area (Å²) in [6.45, 7) is 3.92. The normalized spacial score (nSPS) is 11.0. The summed E-state index contributed by atoms with van der Waals surface area (Å²) in [5, 5.41) is 2.19. The molecule has 0 radical (unpaired) electrons. The number of para-hydroxylation sites is 1. The second kappa shape index (κ2) is 6.93. The van der Waals surface area contributed by atoms with Crippen molar-refractivity contribution in [2.45, 2.75) is 20.3 Å². The molecule has 0 atom stereocenters. The van der Waals surface area contributed by atoms with Gasteiger partial charge in [0.15, 0.2) is 0 Å². The first-order valence-electron chi connectivity index (χ1n) is 8.72. The predicted octanol–water partition coefficient (Wildman–Crippen LogP) is 4.66. The summed E-state index contributed by atoms with van der Waals surface area (Å²) in [4.78, 5) is 21.9. The van der Waals surface area contributed by atoms with Crippen molar-refractivity contribution in [3.8, 4) is 10.4 Å². The Morgan fingerprint density at radius 2 is 1.93 bits per heavy atom. The first-order chi connectivity index (χ1) is 13.0. The number of aryl methyl sites for hydroxylation is 2. The number of hydrogen-bond donors (Lipinski definition) is 1. The Morgan fingerprint density at radius 3 is 2.70 bits per heavy atom. The van der Waals surface area contributed by atoms with E-state index in [0.717, 1.165) is 49.6 Å². The van der Waals surface area contributed by atoms with Crippen LogP contribution in [0.2, 0.25) is 0 Å². The fraction of sp³-hybridized carbons (Fsp3) is 0.136. The fourth-order valence-corrected chi connectivity index (χ4v) is 4.36. The molecule has 0 fully saturated rings. The number of fused-ring (bicyclic) bond motifs is 1. The average molecular weight is 373 g/mol. The quantitative estimate of drug-likeness (QED) is 0.565. The Bertz CT molecular complexity index is 1160. The van der Waals surface area contributed by atoms with Gasteiger partial charge >= 0.3 is 0 Å². The van der Waals surface area contributed by atoms with E-state index in [1.54, 1.807) is 17.4 Å². The lowest BCUT2D eigenvalue weighted by molar-refractivity contribution is 0.0999. The van der Waals surface area contributed by atoms with Crippen LogP contribution < -0.4 is 5.73 Å². The van der Waals surface area contributed by atoms with Crippen molar-refractivity contribution in [2.75, 3.05) is 0 Å². The van der Waals surface area contributed by atoms with Crippen molar-refractivity contribution < 1.29 is 4.79 Å². The molecule has 2 aromatic heterocycles. The van der Waals surface area contributed by atoms with Crippen LogP contribution in [0, 0.1) is 13.8 Å². The maximum absolute atomic E-state index is 11.4. The van der Waals surface area contributed by atoms with Gasteiger partial charge in [0, 0.05) is 23.6 Å². The predicted molar refractivity (Wildman–Crippen MR) is 110 cm³/mol. The number of amides is 1. The zero-order valence-corrected chi connectivity index (χ0v) is 16.0. The number of nitrogens with two attached hydrogens (primary N) is 1. The monoisotopic (exact) mass is 373 g/mol. The number of primary amides is 1. The van der Waals surface area contributed by atoms with Gasteiger partial charge in [-0.2, -0.15) is 0 Å². The van der Waals surface area contributed by atoms with Gasteiger partial charge in [0.1, 0.15) is 0 Å². The number of aromatic nitrogens is 2. The Hall–Kier alpha value is -3.05. The molecule has 0 spiro atoms. The molecule has 0 unspecified atom stereocenters. The molecule has 4 nitrogen and oxygen atoms in total. The van der Waals surface area contributed by atoms with Gasteiger partial charge in [-0.3, -0.25) is 9.78 Å². The highest BCUT2D eigenvalue weighted by Gasteiger charge is 2.13. The molecule has 1 amide bonds. The fourth-order valence-electron chi connectivity index (χ4n) is 3.27. The van der Waals surface area contributed by atoms with Crippen LogP contribution in [0.15, 0.2) is 54.7 Å². The Balaban J connectivity index is 1.64. The van der Waals surface area contributed by atoms with E-state index in [1.807, 2.05) is 50.4 Å². The number of nitrogens with zero attached hydrogens (tertiary/aromatic N) is 2. The van der Waals surface area contributed by atoms with Gasteiger partial charge in [-0.1, -0.05) is 24.3 Å². The molecule has 0 saturated carbocycles. The highest BCUT2D eigenvalue weighted by molar-refractivity contribution is 7.15. The van der Waals surface area contributed by atoms with Crippen LogP contribution in [-0.4, -0.2) is 15.9 Å². The minimum Gasteiger partial charge on any atom is -0.366 e. The van der Waals surface area contributed by atoms with Crippen molar-refractivity contribution in [1.82, 2.24) is 9.97 Å². The third-order valence-electron chi connectivity index (χ3n) is 4.60.